The molecule has 2 N–H and O–H groups in total. The molecule has 0 saturated carbocycles. The Hall–Kier alpha value is -1.81. The summed E-state index contributed by atoms with van der Waals surface area (Å²) in [5.74, 6) is -0.684. The van der Waals surface area contributed by atoms with Crippen molar-refractivity contribution < 1.29 is 18.0 Å². The summed E-state index contributed by atoms with van der Waals surface area (Å²) in [6.07, 6.45) is -3.59. The average Bonchev–Trinajstić information content (AvgIpc) is 3.00. The number of halogens is 3. The molecule has 0 bridgehead atoms. The number of thioether (sulfide) groups is 1. The van der Waals surface area contributed by atoms with Crippen molar-refractivity contribution in [3.63, 3.8) is 0 Å². The smallest absolute Gasteiger partial charge is 0.360 e. The predicted octanol–water partition coefficient (Wildman–Crippen LogP) is 3.35. The first-order valence-electron chi connectivity index (χ1n) is 7.46. The number of amides is 1. The molecular weight excluding hydrogens is 373 g/mol. The van der Waals surface area contributed by atoms with Crippen LogP contribution in [-0.4, -0.2) is 40.6 Å². The Morgan fingerprint density at radius 1 is 1.28 bits per heavy atom. The van der Waals surface area contributed by atoms with Gasteiger partial charge in [0.2, 0.25) is 11.0 Å². The second kappa shape index (κ2) is 9.04. The molecule has 0 fully saturated rings. The van der Waals surface area contributed by atoms with Crippen LogP contribution in [0.25, 0.3) is 0 Å². The molecule has 10 heteroatoms. The Bertz CT molecular complexity index is 679. The maximum Gasteiger partial charge on any atom is 0.405 e. The topological polar surface area (TPSA) is 66.9 Å². The highest BCUT2D eigenvalue weighted by Gasteiger charge is 2.29. The first-order chi connectivity index (χ1) is 11.8. The van der Waals surface area contributed by atoms with E-state index in [1.54, 1.807) is 0 Å². The highest BCUT2D eigenvalue weighted by atomic mass is 32.2. The van der Waals surface area contributed by atoms with Gasteiger partial charge in [-0.15, -0.1) is 10.2 Å². The summed E-state index contributed by atoms with van der Waals surface area (Å²) in [6, 6.07) is 9.96. The Morgan fingerprint density at radius 3 is 2.68 bits per heavy atom. The molecule has 1 aromatic heterocycles. The number of hydrogen-bond donors (Lipinski definition) is 2. The van der Waals surface area contributed by atoms with Crippen LogP contribution >= 0.6 is 23.1 Å². The fraction of sp³-hybridized carbons (Fsp3) is 0.400. The molecular formula is C15H17F3N4OS2. The van der Waals surface area contributed by atoms with Crippen LogP contribution in [0.5, 0.6) is 0 Å². The summed E-state index contributed by atoms with van der Waals surface area (Å²) in [7, 11) is 0. The number of anilines is 1. The zero-order chi connectivity index (χ0) is 18.3. The fourth-order valence-corrected chi connectivity index (χ4v) is 3.77. The second-order valence-electron chi connectivity index (χ2n) is 5.13. The molecule has 25 heavy (non-hydrogen) atoms. The van der Waals surface area contributed by atoms with Crippen LogP contribution in [-0.2, 0) is 11.2 Å². The van der Waals surface area contributed by atoms with Crippen molar-refractivity contribution in [3.8, 4) is 0 Å². The monoisotopic (exact) mass is 390 g/mol. The molecule has 5 nitrogen and oxygen atoms in total. The number of benzene rings is 1. The summed E-state index contributed by atoms with van der Waals surface area (Å²) in [5.41, 5.74) is 1.20. The van der Waals surface area contributed by atoms with Gasteiger partial charge in [0.25, 0.3) is 0 Å². The maximum atomic E-state index is 12.1. The van der Waals surface area contributed by atoms with Gasteiger partial charge in [0.15, 0.2) is 4.34 Å². The number of alkyl halides is 3. The second-order valence-corrected chi connectivity index (χ2v) is 7.69. The molecule has 136 valence electrons. The van der Waals surface area contributed by atoms with Gasteiger partial charge in [0.1, 0.15) is 6.54 Å². The van der Waals surface area contributed by atoms with Crippen molar-refractivity contribution in [2.75, 3.05) is 18.4 Å². The lowest BCUT2D eigenvalue weighted by atomic mass is 10.2. The zero-order valence-corrected chi connectivity index (χ0v) is 15.0. The lowest BCUT2D eigenvalue weighted by Gasteiger charge is -2.11. The van der Waals surface area contributed by atoms with Gasteiger partial charge in [0.05, 0.1) is 5.25 Å². The van der Waals surface area contributed by atoms with Crippen LogP contribution in [0.2, 0.25) is 0 Å². The number of aromatic nitrogens is 2. The van der Waals surface area contributed by atoms with Gasteiger partial charge in [-0.1, -0.05) is 53.4 Å². The number of carbonyl (C=O) groups excluding carboxylic acids is 1. The molecule has 0 saturated heterocycles. The highest BCUT2D eigenvalue weighted by molar-refractivity contribution is 8.02. The van der Waals surface area contributed by atoms with Crippen LogP contribution in [0.15, 0.2) is 34.7 Å². The number of nitrogens with one attached hydrogen (secondary N) is 2. The van der Waals surface area contributed by atoms with E-state index in [1.165, 1.54) is 23.8 Å². The average molecular weight is 390 g/mol. The molecule has 1 heterocycles. The summed E-state index contributed by atoms with van der Waals surface area (Å²) < 4.78 is 36.8. The normalized spacial score (nSPS) is 12.6. The molecule has 0 radical (unpaired) electrons. The number of nitrogens with zero attached hydrogens (tertiary/aromatic N) is 2. The van der Waals surface area contributed by atoms with E-state index >= 15 is 0 Å². The minimum absolute atomic E-state index is 0.525. The SMILES string of the molecule is CC(Sc1nnc(NCCc2ccccc2)s1)C(=O)NCC(F)(F)F. The van der Waals surface area contributed by atoms with Crippen LogP contribution in [0.1, 0.15) is 12.5 Å². The largest absolute Gasteiger partial charge is 0.405 e. The predicted molar refractivity (Wildman–Crippen MR) is 92.9 cm³/mol. The van der Waals surface area contributed by atoms with E-state index in [4.69, 9.17) is 0 Å². The Labute approximate surface area is 151 Å². The first kappa shape index (κ1) is 19.5. The summed E-state index contributed by atoms with van der Waals surface area (Å²) in [5, 5.41) is 12.8. The molecule has 2 rings (SSSR count). The third kappa shape index (κ3) is 7.30. The summed E-state index contributed by atoms with van der Waals surface area (Å²) >= 11 is 2.34. The molecule has 1 aromatic carbocycles. The minimum Gasteiger partial charge on any atom is -0.360 e. The summed E-state index contributed by atoms with van der Waals surface area (Å²) in [6.45, 7) is 0.879. The number of rotatable bonds is 8. The van der Waals surface area contributed by atoms with Crippen molar-refractivity contribution in [2.45, 2.75) is 29.1 Å². The lowest BCUT2D eigenvalue weighted by Crippen LogP contribution is -2.37. The van der Waals surface area contributed by atoms with Gasteiger partial charge >= 0.3 is 6.18 Å². The molecule has 1 unspecified atom stereocenters. The third-order valence-corrected chi connectivity index (χ3v) is 5.11. The van der Waals surface area contributed by atoms with Crippen molar-refractivity contribution >= 4 is 34.1 Å². The van der Waals surface area contributed by atoms with E-state index in [-0.39, 0.29) is 0 Å². The quantitative estimate of drug-likeness (QED) is 0.677. The van der Waals surface area contributed by atoms with Crippen LogP contribution in [0.3, 0.4) is 0 Å². The van der Waals surface area contributed by atoms with E-state index in [9.17, 15) is 18.0 Å². The lowest BCUT2D eigenvalue weighted by molar-refractivity contribution is -0.137. The van der Waals surface area contributed by atoms with Crippen molar-refractivity contribution in [1.29, 1.82) is 0 Å². The van der Waals surface area contributed by atoms with E-state index < -0.39 is 23.9 Å². The van der Waals surface area contributed by atoms with Crippen molar-refractivity contribution in [1.82, 2.24) is 15.5 Å². The zero-order valence-electron chi connectivity index (χ0n) is 13.3. The van der Waals surface area contributed by atoms with E-state index in [2.05, 4.69) is 15.5 Å². The fourth-order valence-electron chi connectivity index (χ4n) is 1.82. The van der Waals surface area contributed by atoms with Gasteiger partial charge in [0, 0.05) is 6.54 Å². The Morgan fingerprint density at radius 2 is 2.00 bits per heavy atom. The van der Waals surface area contributed by atoms with Gasteiger partial charge in [-0.2, -0.15) is 13.2 Å². The van der Waals surface area contributed by atoms with E-state index in [0.717, 1.165) is 18.2 Å². The standard InChI is InChI=1S/C15H17F3N4OS2/c1-10(12(23)20-9-15(16,17)18)24-14-22-21-13(25-14)19-8-7-11-5-3-2-4-6-11/h2-6,10H,7-9H2,1H3,(H,19,21)(H,20,23). The first-order valence-corrected chi connectivity index (χ1v) is 9.15. The molecule has 1 atom stereocenters. The van der Waals surface area contributed by atoms with Gasteiger partial charge < -0.3 is 10.6 Å². The number of hydrogen-bond acceptors (Lipinski definition) is 6. The van der Waals surface area contributed by atoms with Gasteiger partial charge in [-0.05, 0) is 18.9 Å². The van der Waals surface area contributed by atoms with Crippen molar-refractivity contribution in [3.05, 3.63) is 35.9 Å². The molecule has 1 amide bonds. The molecule has 0 aliphatic rings. The molecule has 0 spiro atoms. The maximum absolute atomic E-state index is 12.1. The van der Waals surface area contributed by atoms with Gasteiger partial charge in [-0.25, -0.2) is 0 Å². The Balaban J connectivity index is 1.75. The van der Waals surface area contributed by atoms with Crippen LogP contribution in [0, 0.1) is 0 Å². The number of carbonyl (C=O) groups is 1. The molecule has 2 aromatic rings. The molecule has 0 aliphatic heterocycles. The van der Waals surface area contributed by atoms with Crippen LogP contribution in [0.4, 0.5) is 18.3 Å². The van der Waals surface area contributed by atoms with E-state index in [0.29, 0.717) is 16.0 Å². The Kier molecular flexibility index (Phi) is 7.06. The molecule has 0 aliphatic carbocycles. The van der Waals surface area contributed by atoms with E-state index in [1.807, 2.05) is 35.6 Å². The van der Waals surface area contributed by atoms with Crippen LogP contribution < -0.4 is 10.6 Å². The highest BCUT2D eigenvalue weighted by Crippen LogP contribution is 2.29. The minimum atomic E-state index is -4.42. The summed E-state index contributed by atoms with van der Waals surface area (Å²) in [4.78, 5) is 11.6. The third-order valence-electron chi connectivity index (χ3n) is 3.05. The van der Waals surface area contributed by atoms with Gasteiger partial charge in [-0.3, -0.25) is 4.79 Å². The van der Waals surface area contributed by atoms with Crippen molar-refractivity contribution in [2.24, 2.45) is 0 Å².